The lowest BCUT2D eigenvalue weighted by Gasteiger charge is -2.04. The van der Waals surface area contributed by atoms with Crippen LogP contribution in [0.4, 0.5) is 0 Å². The number of benzene rings is 1. The maximum Gasteiger partial charge on any atom is 0.0145 e. The summed E-state index contributed by atoms with van der Waals surface area (Å²) in [6, 6.07) is 9.38. The number of rotatable bonds is 1. The van der Waals surface area contributed by atoms with Crippen LogP contribution in [-0.4, -0.2) is 13.1 Å². The predicted molar refractivity (Wildman–Crippen MR) is 67.2 cm³/mol. The van der Waals surface area contributed by atoms with Gasteiger partial charge in [0.15, 0.2) is 0 Å². The highest BCUT2D eigenvalue weighted by Crippen LogP contribution is 2.20. The van der Waals surface area contributed by atoms with Crippen LogP contribution < -0.4 is 5.32 Å². The molecule has 0 saturated heterocycles. The van der Waals surface area contributed by atoms with E-state index in [4.69, 9.17) is 0 Å². The van der Waals surface area contributed by atoms with Crippen molar-refractivity contribution in [3.8, 4) is 0 Å². The maximum atomic E-state index is 3.31. The first kappa shape index (κ1) is 12.0. The van der Waals surface area contributed by atoms with Crippen LogP contribution in [0, 0.1) is 0 Å². The van der Waals surface area contributed by atoms with Crippen LogP contribution in [0.2, 0.25) is 0 Å². The fourth-order valence-electron chi connectivity index (χ4n) is 1.76. The van der Waals surface area contributed by atoms with Crippen molar-refractivity contribution >= 4 is 0 Å². The highest BCUT2D eigenvalue weighted by molar-refractivity contribution is 5.33. The lowest BCUT2D eigenvalue weighted by molar-refractivity contribution is 0.593. The third kappa shape index (κ3) is 3.52. The molecule has 1 aromatic rings. The Kier molecular flexibility index (Phi) is 5.13. The topological polar surface area (TPSA) is 12.0 Å². The molecule has 0 bridgehead atoms. The minimum Gasteiger partial charge on any atom is -0.316 e. The van der Waals surface area contributed by atoms with Gasteiger partial charge in [-0.1, -0.05) is 36.4 Å². The number of hydrogen-bond acceptors (Lipinski definition) is 1. The van der Waals surface area contributed by atoms with Crippen LogP contribution in [-0.2, 0) is 12.8 Å². The average Bonchev–Trinajstić information content (AvgIpc) is 2.72. The van der Waals surface area contributed by atoms with Crippen LogP contribution in [0.5, 0.6) is 0 Å². The number of hydrogen-bond donors (Lipinski definition) is 1. The molecule has 0 amide bonds. The Morgan fingerprint density at radius 2 is 1.53 bits per heavy atom. The monoisotopic (exact) mass is 203 g/mol. The second-order valence-corrected chi connectivity index (χ2v) is 3.83. The first-order valence-electron chi connectivity index (χ1n) is 5.63. The van der Waals surface area contributed by atoms with Gasteiger partial charge in [0.1, 0.15) is 0 Å². The van der Waals surface area contributed by atoms with E-state index < -0.39 is 0 Å². The van der Waals surface area contributed by atoms with Crippen molar-refractivity contribution < 1.29 is 0 Å². The Balaban J connectivity index is 0.000000245. The molecular weight excluding hydrogens is 182 g/mol. The molecule has 0 unspecified atom stereocenters. The van der Waals surface area contributed by atoms with Gasteiger partial charge in [0.2, 0.25) is 0 Å². The van der Waals surface area contributed by atoms with E-state index in [0.29, 0.717) is 6.04 Å². The second kappa shape index (κ2) is 6.41. The fraction of sp³-hybridized carbons (Fsp3) is 0.429. The Labute approximate surface area is 93.2 Å². The molecular formula is C14H21N. The second-order valence-electron chi connectivity index (χ2n) is 3.83. The van der Waals surface area contributed by atoms with E-state index in [1.165, 1.54) is 24.0 Å². The van der Waals surface area contributed by atoms with Gasteiger partial charge in [0, 0.05) is 6.04 Å². The van der Waals surface area contributed by atoms with Gasteiger partial charge in [-0.15, -0.1) is 0 Å². The van der Waals surface area contributed by atoms with E-state index in [0.717, 1.165) is 0 Å². The molecule has 0 fully saturated rings. The first-order chi connectivity index (χ1) is 7.31. The summed E-state index contributed by atoms with van der Waals surface area (Å²) in [5.74, 6) is 0. The quantitative estimate of drug-likeness (QED) is 0.692. The number of fused-ring (bicyclic) bond motifs is 1. The van der Waals surface area contributed by atoms with E-state index in [1.807, 2.05) is 33.0 Å². The van der Waals surface area contributed by atoms with Gasteiger partial charge in [-0.25, -0.2) is 0 Å². The molecule has 0 radical (unpaired) electrons. The minimum absolute atomic E-state index is 0.674. The van der Waals surface area contributed by atoms with Gasteiger partial charge < -0.3 is 5.32 Å². The van der Waals surface area contributed by atoms with Gasteiger partial charge in [0.25, 0.3) is 0 Å². The lowest BCUT2D eigenvalue weighted by atomic mass is 10.1. The Morgan fingerprint density at radius 1 is 1.07 bits per heavy atom. The van der Waals surface area contributed by atoms with E-state index >= 15 is 0 Å². The molecule has 82 valence electrons. The minimum atomic E-state index is 0.674. The molecule has 0 heterocycles. The van der Waals surface area contributed by atoms with E-state index in [-0.39, 0.29) is 0 Å². The summed E-state index contributed by atoms with van der Waals surface area (Å²) >= 11 is 0. The number of nitrogens with one attached hydrogen (secondary N) is 1. The van der Waals surface area contributed by atoms with Crippen LogP contribution in [0.1, 0.15) is 25.0 Å². The van der Waals surface area contributed by atoms with Crippen LogP contribution in [0.3, 0.4) is 0 Å². The normalized spacial score (nSPS) is 14.9. The Bertz CT molecular complexity index is 286. The summed E-state index contributed by atoms with van der Waals surface area (Å²) in [5.41, 5.74) is 3.04. The van der Waals surface area contributed by atoms with Crippen molar-refractivity contribution in [3.05, 3.63) is 47.5 Å². The van der Waals surface area contributed by atoms with Gasteiger partial charge in [0.05, 0.1) is 0 Å². The fourth-order valence-corrected chi connectivity index (χ4v) is 1.76. The molecule has 0 saturated carbocycles. The zero-order valence-corrected chi connectivity index (χ0v) is 9.96. The van der Waals surface area contributed by atoms with Crippen molar-refractivity contribution in [3.63, 3.8) is 0 Å². The molecule has 2 rings (SSSR count). The predicted octanol–water partition coefficient (Wildman–Crippen LogP) is 2.96. The molecule has 1 aliphatic rings. The van der Waals surface area contributed by atoms with Gasteiger partial charge in [-0.05, 0) is 44.9 Å². The molecule has 1 aromatic carbocycles. The smallest absolute Gasteiger partial charge is 0.0145 e. The Hall–Kier alpha value is -1.08. The number of allylic oxidation sites excluding steroid dienone is 2. The van der Waals surface area contributed by atoms with E-state index in [2.05, 4.69) is 29.6 Å². The lowest BCUT2D eigenvalue weighted by Crippen LogP contribution is -2.24. The zero-order chi connectivity index (χ0) is 11.1. The SMILES string of the molecule is CC=CC.CNC1Cc2ccccc2C1. The molecule has 0 aliphatic heterocycles. The van der Waals surface area contributed by atoms with Crippen LogP contribution in [0.15, 0.2) is 36.4 Å². The highest BCUT2D eigenvalue weighted by atomic mass is 14.9. The summed E-state index contributed by atoms with van der Waals surface area (Å²) in [7, 11) is 2.04. The molecule has 1 aliphatic carbocycles. The third-order valence-electron chi connectivity index (χ3n) is 2.79. The van der Waals surface area contributed by atoms with Crippen molar-refractivity contribution in [2.24, 2.45) is 0 Å². The van der Waals surface area contributed by atoms with Gasteiger partial charge in [-0.2, -0.15) is 0 Å². The highest BCUT2D eigenvalue weighted by Gasteiger charge is 2.18. The summed E-state index contributed by atoms with van der Waals surface area (Å²) < 4.78 is 0. The average molecular weight is 203 g/mol. The van der Waals surface area contributed by atoms with E-state index in [9.17, 15) is 0 Å². The molecule has 1 N–H and O–H groups in total. The molecule has 1 heteroatoms. The molecule has 1 nitrogen and oxygen atoms in total. The maximum absolute atomic E-state index is 3.31. The molecule has 0 spiro atoms. The van der Waals surface area contributed by atoms with Crippen LogP contribution >= 0.6 is 0 Å². The summed E-state index contributed by atoms with van der Waals surface area (Å²) in [6.45, 7) is 4.00. The van der Waals surface area contributed by atoms with Crippen molar-refractivity contribution in [2.45, 2.75) is 32.7 Å². The summed E-state index contributed by atoms with van der Waals surface area (Å²) in [5, 5.41) is 3.31. The van der Waals surface area contributed by atoms with Crippen molar-refractivity contribution in [1.29, 1.82) is 0 Å². The van der Waals surface area contributed by atoms with Crippen LogP contribution in [0.25, 0.3) is 0 Å². The van der Waals surface area contributed by atoms with Crippen molar-refractivity contribution in [1.82, 2.24) is 5.32 Å². The number of likely N-dealkylation sites (N-methyl/N-ethyl adjacent to an activating group) is 1. The standard InChI is InChI=1S/C10H13N.C4H8/c1-11-10-6-8-4-2-3-5-9(8)7-10;1-3-4-2/h2-5,10-11H,6-7H2,1H3;3-4H,1-2H3. The molecule has 0 aromatic heterocycles. The first-order valence-corrected chi connectivity index (χ1v) is 5.63. The summed E-state index contributed by atoms with van der Waals surface area (Å²) in [4.78, 5) is 0. The van der Waals surface area contributed by atoms with Crippen molar-refractivity contribution in [2.75, 3.05) is 7.05 Å². The summed E-state index contributed by atoms with van der Waals surface area (Å²) in [6.07, 6.45) is 6.40. The molecule has 15 heavy (non-hydrogen) atoms. The zero-order valence-electron chi connectivity index (χ0n) is 9.96. The largest absolute Gasteiger partial charge is 0.316 e. The van der Waals surface area contributed by atoms with Gasteiger partial charge in [-0.3, -0.25) is 0 Å². The Morgan fingerprint density at radius 3 is 1.87 bits per heavy atom. The third-order valence-corrected chi connectivity index (χ3v) is 2.79. The molecule has 0 atom stereocenters. The van der Waals surface area contributed by atoms with E-state index in [1.54, 1.807) is 0 Å². The van der Waals surface area contributed by atoms with Gasteiger partial charge >= 0.3 is 0 Å².